The summed E-state index contributed by atoms with van der Waals surface area (Å²) in [7, 11) is 0. The van der Waals surface area contributed by atoms with Gasteiger partial charge in [0.2, 0.25) is 0 Å². The molecule has 0 bridgehead atoms. The zero-order valence-corrected chi connectivity index (χ0v) is 12.1. The maximum Gasteiger partial charge on any atom is 0.303 e. The lowest BCUT2D eigenvalue weighted by Gasteiger charge is -2.33. The van der Waals surface area contributed by atoms with Gasteiger partial charge in [0.15, 0.2) is 0 Å². The van der Waals surface area contributed by atoms with Crippen LogP contribution < -0.4 is 10.5 Å². The fourth-order valence-electron chi connectivity index (χ4n) is 2.99. The molecule has 2 heterocycles. The Morgan fingerprint density at radius 3 is 2.81 bits per heavy atom. The van der Waals surface area contributed by atoms with Crippen LogP contribution in [0.3, 0.4) is 0 Å². The summed E-state index contributed by atoms with van der Waals surface area (Å²) in [4.78, 5) is 25.0. The van der Waals surface area contributed by atoms with E-state index in [9.17, 15) is 9.59 Å². The van der Waals surface area contributed by atoms with Gasteiger partial charge in [-0.3, -0.25) is 9.59 Å². The molecule has 1 saturated heterocycles. The van der Waals surface area contributed by atoms with Gasteiger partial charge < -0.3 is 10.0 Å². The number of carbonyl (C=O) groups is 1. The van der Waals surface area contributed by atoms with Crippen LogP contribution in [0.15, 0.2) is 17.1 Å². The highest BCUT2D eigenvalue weighted by Gasteiger charge is 2.24. The molecule has 1 aromatic rings. The van der Waals surface area contributed by atoms with E-state index in [0.29, 0.717) is 12.5 Å². The number of anilines is 1. The highest BCUT2D eigenvalue weighted by atomic mass is 16.4. The molecule has 21 heavy (non-hydrogen) atoms. The molecule has 0 amide bonds. The summed E-state index contributed by atoms with van der Waals surface area (Å²) in [5, 5.41) is 13.2. The van der Waals surface area contributed by atoms with Crippen molar-refractivity contribution in [1.29, 1.82) is 0 Å². The monoisotopic (exact) mass is 291 g/mol. The number of aliphatic carboxylic acids is 1. The second-order valence-electron chi connectivity index (χ2n) is 6.23. The first-order valence-corrected chi connectivity index (χ1v) is 7.66. The summed E-state index contributed by atoms with van der Waals surface area (Å²) >= 11 is 0. The van der Waals surface area contributed by atoms with Crippen LogP contribution in [0, 0.1) is 11.8 Å². The predicted octanol–water partition coefficient (Wildman–Crippen LogP) is 1.34. The van der Waals surface area contributed by atoms with Crippen LogP contribution in [0.5, 0.6) is 0 Å². The Kier molecular flexibility index (Phi) is 3.94. The maximum absolute atomic E-state index is 12.1. The first kappa shape index (κ1) is 14.1. The number of carboxylic acid groups (broad SMARTS) is 1. The van der Waals surface area contributed by atoms with E-state index in [0.717, 1.165) is 31.6 Å². The quantitative estimate of drug-likeness (QED) is 0.886. The lowest BCUT2D eigenvalue weighted by Crippen LogP contribution is -2.37. The van der Waals surface area contributed by atoms with Crippen molar-refractivity contribution in [1.82, 2.24) is 9.78 Å². The number of nitrogens with zero attached hydrogens (tertiary/aromatic N) is 3. The third-order valence-electron chi connectivity index (χ3n) is 4.33. The molecule has 1 saturated carbocycles. The fraction of sp³-hybridized carbons (Fsp3) is 0.667. The van der Waals surface area contributed by atoms with Crippen LogP contribution in [0.2, 0.25) is 0 Å². The molecular formula is C15H21N3O3. The van der Waals surface area contributed by atoms with Gasteiger partial charge in [-0.05, 0) is 37.5 Å². The van der Waals surface area contributed by atoms with Crippen LogP contribution in [-0.2, 0) is 11.3 Å². The van der Waals surface area contributed by atoms with Crippen LogP contribution in [-0.4, -0.2) is 33.9 Å². The summed E-state index contributed by atoms with van der Waals surface area (Å²) in [5.74, 6) is 0.0287. The second kappa shape index (κ2) is 5.87. The summed E-state index contributed by atoms with van der Waals surface area (Å²) in [6.45, 7) is 2.28. The van der Waals surface area contributed by atoms with Gasteiger partial charge in [-0.15, -0.1) is 0 Å². The second-order valence-corrected chi connectivity index (χ2v) is 6.23. The number of rotatable bonds is 5. The number of aromatic nitrogens is 2. The first-order valence-electron chi connectivity index (χ1n) is 7.66. The van der Waals surface area contributed by atoms with Crippen molar-refractivity contribution in [2.24, 2.45) is 11.8 Å². The number of carboxylic acids is 1. The van der Waals surface area contributed by atoms with E-state index in [4.69, 9.17) is 5.11 Å². The third-order valence-corrected chi connectivity index (χ3v) is 4.33. The molecule has 3 rings (SSSR count). The molecule has 1 aromatic heterocycles. The van der Waals surface area contributed by atoms with Gasteiger partial charge in [0.25, 0.3) is 5.56 Å². The largest absolute Gasteiger partial charge is 0.481 e. The zero-order chi connectivity index (χ0) is 14.8. The topological polar surface area (TPSA) is 75.4 Å². The van der Waals surface area contributed by atoms with Crippen molar-refractivity contribution in [3.63, 3.8) is 0 Å². The van der Waals surface area contributed by atoms with E-state index in [1.165, 1.54) is 12.8 Å². The minimum Gasteiger partial charge on any atom is -0.481 e. The molecule has 1 aliphatic heterocycles. The lowest BCUT2D eigenvalue weighted by atomic mass is 9.94. The molecule has 0 unspecified atom stereocenters. The highest BCUT2D eigenvalue weighted by molar-refractivity contribution is 5.67. The van der Waals surface area contributed by atoms with Crippen LogP contribution in [0.1, 0.15) is 32.1 Å². The smallest absolute Gasteiger partial charge is 0.303 e. The highest BCUT2D eigenvalue weighted by Crippen LogP contribution is 2.30. The van der Waals surface area contributed by atoms with Gasteiger partial charge in [-0.2, -0.15) is 5.10 Å². The van der Waals surface area contributed by atoms with E-state index in [-0.39, 0.29) is 17.9 Å². The molecule has 1 aliphatic carbocycles. The third kappa shape index (κ3) is 3.62. The van der Waals surface area contributed by atoms with Crippen molar-refractivity contribution in [2.75, 3.05) is 18.0 Å². The van der Waals surface area contributed by atoms with Crippen LogP contribution >= 0.6 is 0 Å². The van der Waals surface area contributed by atoms with Gasteiger partial charge in [0.05, 0.1) is 11.9 Å². The lowest BCUT2D eigenvalue weighted by molar-refractivity contribution is -0.138. The molecule has 114 valence electrons. The Labute approximate surface area is 123 Å². The maximum atomic E-state index is 12.1. The van der Waals surface area contributed by atoms with Crippen molar-refractivity contribution >= 4 is 11.7 Å². The van der Waals surface area contributed by atoms with Crippen LogP contribution in [0.4, 0.5) is 5.69 Å². The Morgan fingerprint density at radius 2 is 2.14 bits per heavy atom. The average molecular weight is 291 g/mol. The van der Waals surface area contributed by atoms with Crippen molar-refractivity contribution in [3.8, 4) is 0 Å². The number of hydrogen-bond donors (Lipinski definition) is 1. The summed E-state index contributed by atoms with van der Waals surface area (Å²) in [6, 6.07) is 1.64. The molecule has 2 fully saturated rings. The Bertz CT molecular complexity index is 580. The molecule has 1 N–H and O–H groups in total. The Morgan fingerprint density at radius 1 is 1.33 bits per heavy atom. The minimum atomic E-state index is -0.750. The van der Waals surface area contributed by atoms with E-state index in [1.807, 2.05) is 0 Å². The molecule has 1 atom stereocenters. The first-order chi connectivity index (χ1) is 10.1. The van der Waals surface area contributed by atoms with Crippen molar-refractivity contribution < 1.29 is 9.90 Å². The van der Waals surface area contributed by atoms with Gasteiger partial charge >= 0.3 is 5.97 Å². The molecular weight excluding hydrogens is 270 g/mol. The van der Waals surface area contributed by atoms with Gasteiger partial charge in [0, 0.05) is 32.1 Å². The van der Waals surface area contributed by atoms with Gasteiger partial charge in [-0.1, -0.05) is 0 Å². The summed E-state index contributed by atoms with van der Waals surface area (Å²) in [5.41, 5.74) is 0.766. The zero-order valence-electron chi connectivity index (χ0n) is 12.1. The van der Waals surface area contributed by atoms with E-state index >= 15 is 0 Å². The van der Waals surface area contributed by atoms with Gasteiger partial charge in [-0.25, -0.2) is 4.68 Å². The molecule has 0 aromatic carbocycles. The average Bonchev–Trinajstić information content (AvgIpc) is 3.25. The van der Waals surface area contributed by atoms with Gasteiger partial charge in [0.1, 0.15) is 0 Å². The van der Waals surface area contributed by atoms with Crippen molar-refractivity contribution in [2.45, 2.75) is 38.6 Å². The normalized spacial score (nSPS) is 22.3. The fourth-order valence-corrected chi connectivity index (χ4v) is 2.99. The Balaban J connectivity index is 1.69. The van der Waals surface area contributed by atoms with Crippen molar-refractivity contribution in [3.05, 3.63) is 22.6 Å². The molecule has 0 spiro atoms. The standard InChI is InChI=1S/C15H21N3O3/c19-14-7-13(8-16-18(14)10-11-3-4-11)17-5-1-2-12(9-17)6-15(20)21/h7-8,11-12H,1-6,9-10H2,(H,20,21)/t12-/m0/s1. The summed E-state index contributed by atoms with van der Waals surface area (Å²) < 4.78 is 1.54. The molecule has 0 radical (unpaired) electrons. The van der Waals surface area contributed by atoms with E-state index in [2.05, 4.69) is 10.00 Å². The SMILES string of the molecule is O=C(O)C[C@@H]1CCCN(c2cnn(CC3CC3)c(=O)c2)C1. The van der Waals surface area contributed by atoms with E-state index < -0.39 is 5.97 Å². The molecule has 6 heteroatoms. The predicted molar refractivity (Wildman–Crippen MR) is 78.4 cm³/mol. The number of hydrogen-bond acceptors (Lipinski definition) is 4. The van der Waals surface area contributed by atoms with E-state index in [1.54, 1.807) is 16.9 Å². The molecule has 6 nitrogen and oxygen atoms in total. The van der Waals surface area contributed by atoms with Crippen LogP contribution in [0.25, 0.3) is 0 Å². The molecule has 2 aliphatic rings. The minimum absolute atomic E-state index is 0.0558. The summed E-state index contributed by atoms with van der Waals surface area (Å²) in [6.07, 6.45) is 6.23. The Hall–Kier alpha value is -1.85. The number of piperidine rings is 1.